The molecule has 18 heavy (non-hydrogen) atoms. The monoisotopic (exact) mass is 247 g/mol. The SMILES string of the molecule is CCC(N)C(c1ccccn1)N(C)C(C)C1CC1. The molecule has 0 bridgehead atoms. The average molecular weight is 247 g/mol. The minimum absolute atomic E-state index is 0.145. The molecule has 3 atom stereocenters. The van der Waals surface area contributed by atoms with Crippen molar-refractivity contribution in [3.05, 3.63) is 30.1 Å². The van der Waals surface area contributed by atoms with Gasteiger partial charge < -0.3 is 5.73 Å². The van der Waals surface area contributed by atoms with E-state index in [2.05, 4.69) is 36.8 Å². The predicted octanol–water partition coefficient (Wildman–Crippen LogP) is 2.59. The van der Waals surface area contributed by atoms with Gasteiger partial charge in [0.2, 0.25) is 0 Å². The van der Waals surface area contributed by atoms with Crippen LogP contribution in [-0.2, 0) is 0 Å². The van der Waals surface area contributed by atoms with E-state index in [1.165, 1.54) is 12.8 Å². The van der Waals surface area contributed by atoms with Gasteiger partial charge in [0.05, 0.1) is 11.7 Å². The van der Waals surface area contributed by atoms with E-state index in [4.69, 9.17) is 5.73 Å². The molecule has 3 heteroatoms. The summed E-state index contributed by atoms with van der Waals surface area (Å²) < 4.78 is 0. The predicted molar refractivity (Wildman–Crippen MR) is 75.2 cm³/mol. The Labute approximate surface area is 110 Å². The van der Waals surface area contributed by atoms with Gasteiger partial charge in [0.1, 0.15) is 0 Å². The first-order valence-corrected chi connectivity index (χ1v) is 7.03. The van der Waals surface area contributed by atoms with Crippen LogP contribution in [0.5, 0.6) is 0 Å². The second-order valence-electron chi connectivity index (χ2n) is 5.52. The third-order valence-corrected chi connectivity index (χ3v) is 4.25. The van der Waals surface area contributed by atoms with Crippen molar-refractivity contribution < 1.29 is 0 Å². The molecule has 0 spiro atoms. The quantitative estimate of drug-likeness (QED) is 0.840. The fraction of sp³-hybridized carbons (Fsp3) is 0.667. The number of hydrogen-bond acceptors (Lipinski definition) is 3. The smallest absolute Gasteiger partial charge is 0.0673 e. The fourth-order valence-corrected chi connectivity index (χ4v) is 2.67. The van der Waals surface area contributed by atoms with E-state index in [-0.39, 0.29) is 12.1 Å². The maximum Gasteiger partial charge on any atom is 0.0673 e. The van der Waals surface area contributed by atoms with Gasteiger partial charge in [-0.2, -0.15) is 0 Å². The molecule has 0 aromatic carbocycles. The minimum atomic E-state index is 0.145. The Bertz CT molecular complexity index is 361. The highest BCUT2D eigenvalue weighted by Crippen LogP contribution is 2.37. The molecule has 0 radical (unpaired) electrons. The Morgan fingerprint density at radius 1 is 1.44 bits per heavy atom. The van der Waals surface area contributed by atoms with Crippen LogP contribution in [0, 0.1) is 5.92 Å². The van der Waals surface area contributed by atoms with Gasteiger partial charge in [0.25, 0.3) is 0 Å². The number of aromatic nitrogens is 1. The Kier molecular flexibility index (Phi) is 4.36. The van der Waals surface area contributed by atoms with E-state index in [0.29, 0.717) is 6.04 Å². The summed E-state index contributed by atoms with van der Waals surface area (Å²) in [4.78, 5) is 6.93. The lowest BCUT2D eigenvalue weighted by molar-refractivity contribution is 0.140. The molecule has 1 heterocycles. The van der Waals surface area contributed by atoms with Crippen LogP contribution in [0.4, 0.5) is 0 Å². The summed E-state index contributed by atoms with van der Waals surface area (Å²) in [7, 11) is 2.19. The van der Waals surface area contributed by atoms with Gasteiger partial charge in [-0.3, -0.25) is 9.88 Å². The van der Waals surface area contributed by atoms with Crippen molar-refractivity contribution in [2.75, 3.05) is 7.05 Å². The molecule has 1 aliphatic rings. The molecule has 1 aromatic rings. The highest BCUT2D eigenvalue weighted by atomic mass is 15.2. The Morgan fingerprint density at radius 2 is 2.17 bits per heavy atom. The van der Waals surface area contributed by atoms with Crippen molar-refractivity contribution in [1.29, 1.82) is 0 Å². The van der Waals surface area contributed by atoms with Gasteiger partial charge in [-0.15, -0.1) is 0 Å². The van der Waals surface area contributed by atoms with E-state index in [1.54, 1.807) is 0 Å². The highest BCUT2D eigenvalue weighted by Gasteiger charge is 2.35. The van der Waals surface area contributed by atoms with Gasteiger partial charge in [-0.05, 0) is 51.3 Å². The molecule has 1 aromatic heterocycles. The Balaban J connectivity index is 2.19. The summed E-state index contributed by atoms with van der Waals surface area (Å²) in [5, 5.41) is 0. The summed E-state index contributed by atoms with van der Waals surface area (Å²) in [5.74, 6) is 0.852. The lowest BCUT2D eigenvalue weighted by Gasteiger charge is -2.36. The topological polar surface area (TPSA) is 42.1 Å². The molecule has 100 valence electrons. The number of hydrogen-bond donors (Lipinski definition) is 1. The average Bonchev–Trinajstić information content (AvgIpc) is 3.23. The van der Waals surface area contributed by atoms with Gasteiger partial charge >= 0.3 is 0 Å². The van der Waals surface area contributed by atoms with Gasteiger partial charge in [-0.1, -0.05) is 13.0 Å². The zero-order chi connectivity index (χ0) is 13.1. The summed E-state index contributed by atoms with van der Waals surface area (Å²) in [6.45, 7) is 4.46. The fourth-order valence-electron chi connectivity index (χ4n) is 2.67. The van der Waals surface area contributed by atoms with E-state index in [0.717, 1.165) is 18.0 Å². The standard InChI is InChI=1S/C15H25N3/c1-4-13(16)15(14-7-5-6-10-17-14)18(3)11(2)12-8-9-12/h5-7,10-13,15H,4,8-9,16H2,1-3H3. The summed E-state index contributed by atoms with van der Waals surface area (Å²) >= 11 is 0. The molecule has 0 amide bonds. The van der Waals surface area contributed by atoms with Crippen LogP contribution in [0.1, 0.15) is 44.8 Å². The highest BCUT2D eigenvalue weighted by molar-refractivity contribution is 5.12. The van der Waals surface area contributed by atoms with E-state index >= 15 is 0 Å². The second-order valence-corrected chi connectivity index (χ2v) is 5.52. The molecule has 1 fully saturated rings. The zero-order valence-corrected chi connectivity index (χ0v) is 11.7. The molecule has 1 saturated carbocycles. The number of likely N-dealkylation sites (N-methyl/N-ethyl adjacent to an activating group) is 1. The normalized spacial score (nSPS) is 20.7. The van der Waals surface area contributed by atoms with E-state index < -0.39 is 0 Å². The lowest BCUT2D eigenvalue weighted by Crippen LogP contribution is -2.44. The number of nitrogens with two attached hydrogens (primary N) is 1. The molecule has 2 rings (SSSR count). The van der Waals surface area contributed by atoms with Gasteiger partial charge in [0.15, 0.2) is 0 Å². The first kappa shape index (κ1) is 13.5. The summed E-state index contributed by atoms with van der Waals surface area (Å²) in [6.07, 6.45) is 5.56. The molecule has 0 aliphatic heterocycles. The lowest BCUT2D eigenvalue weighted by atomic mass is 9.98. The van der Waals surface area contributed by atoms with E-state index in [1.807, 2.05) is 18.3 Å². The van der Waals surface area contributed by atoms with Crippen LogP contribution >= 0.6 is 0 Å². The number of nitrogens with zero attached hydrogens (tertiary/aromatic N) is 2. The number of pyridine rings is 1. The minimum Gasteiger partial charge on any atom is -0.326 e. The third-order valence-electron chi connectivity index (χ3n) is 4.25. The van der Waals surface area contributed by atoms with Crippen LogP contribution in [-0.4, -0.2) is 29.0 Å². The van der Waals surface area contributed by atoms with Crippen LogP contribution in [0.25, 0.3) is 0 Å². The maximum absolute atomic E-state index is 6.33. The van der Waals surface area contributed by atoms with E-state index in [9.17, 15) is 0 Å². The van der Waals surface area contributed by atoms with Gasteiger partial charge in [-0.25, -0.2) is 0 Å². The molecular weight excluding hydrogens is 222 g/mol. The van der Waals surface area contributed by atoms with Crippen LogP contribution < -0.4 is 5.73 Å². The molecule has 0 saturated heterocycles. The summed E-state index contributed by atoms with van der Waals surface area (Å²) in [6, 6.07) is 7.07. The maximum atomic E-state index is 6.33. The first-order valence-electron chi connectivity index (χ1n) is 7.03. The molecular formula is C15H25N3. The Hall–Kier alpha value is -0.930. The first-order chi connectivity index (χ1) is 8.65. The molecule has 1 aliphatic carbocycles. The van der Waals surface area contributed by atoms with Crippen molar-refractivity contribution in [3.63, 3.8) is 0 Å². The van der Waals surface area contributed by atoms with Crippen molar-refractivity contribution in [2.24, 2.45) is 11.7 Å². The molecule has 3 nitrogen and oxygen atoms in total. The third kappa shape index (κ3) is 2.90. The Morgan fingerprint density at radius 3 is 2.67 bits per heavy atom. The molecule has 2 N–H and O–H groups in total. The van der Waals surface area contributed by atoms with Crippen LogP contribution in [0.3, 0.4) is 0 Å². The van der Waals surface area contributed by atoms with Crippen molar-refractivity contribution in [2.45, 2.75) is 51.2 Å². The zero-order valence-electron chi connectivity index (χ0n) is 11.7. The van der Waals surface area contributed by atoms with Crippen molar-refractivity contribution in [1.82, 2.24) is 9.88 Å². The second kappa shape index (κ2) is 5.81. The summed E-state index contributed by atoms with van der Waals surface area (Å²) in [5.41, 5.74) is 7.43. The number of rotatable bonds is 6. The van der Waals surface area contributed by atoms with Gasteiger partial charge in [0, 0.05) is 18.3 Å². The largest absolute Gasteiger partial charge is 0.326 e. The van der Waals surface area contributed by atoms with Crippen molar-refractivity contribution in [3.8, 4) is 0 Å². The van der Waals surface area contributed by atoms with Crippen molar-refractivity contribution >= 4 is 0 Å². The molecule has 3 unspecified atom stereocenters. The van der Waals surface area contributed by atoms with Crippen LogP contribution in [0.15, 0.2) is 24.4 Å². The van der Waals surface area contributed by atoms with Crippen LogP contribution in [0.2, 0.25) is 0 Å².